The molecule has 0 aromatic heterocycles. The number of carbonyl (C=O) groups is 1. The molecule has 0 atom stereocenters. The highest BCUT2D eigenvalue weighted by Crippen LogP contribution is 2.38. The van der Waals surface area contributed by atoms with E-state index in [0.29, 0.717) is 23.1 Å². The Morgan fingerprint density at radius 1 is 1.32 bits per heavy atom. The minimum atomic E-state index is -3.99. The number of amides is 1. The Bertz CT molecular complexity index is 947. The van der Waals surface area contributed by atoms with Crippen LogP contribution < -0.4 is 9.62 Å². The standard InChI is InChI=1S/C17H16BrFN2O3S/c1-2-16(22)21-7-6-11-8-12(18)9-15(17(11)21)25(23,24)20-14-5-3-4-13(19)10-14/h3-5,8-10,20H,2,6-7H2,1H3. The van der Waals surface area contributed by atoms with Crippen LogP contribution in [0.25, 0.3) is 0 Å². The molecule has 8 heteroatoms. The summed E-state index contributed by atoms with van der Waals surface area (Å²) in [6.07, 6.45) is 0.870. The number of benzene rings is 2. The lowest BCUT2D eigenvalue weighted by Crippen LogP contribution is -2.29. The number of nitrogens with zero attached hydrogens (tertiary/aromatic N) is 1. The van der Waals surface area contributed by atoms with E-state index < -0.39 is 15.8 Å². The zero-order valence-corrected chi connectivity index (χ0v) is 15.8. The Kier molecular flexibility index (Phi) is 4.83. The number of rotatable bonds is 4. The van der Waals surface area contributed by atoms with Gasteiger partial charge in [0.15, 0.2) is 0 Å². The van der Waals surface area contributed by atoms with E-state index in [1.54, 1.807) is 6.92 Å². The molecule has 25 heavy (non-hydrogen) atoms. The van der Waals surface area contributed by atoms with Gasteiger partial charge in [-0.2, -0.15) is 0 Å². The Morgan fingerprint density at radius 2 is 2.08 bits per heavy atom. The summed E-state index contributed by atoms with van der Waals surface area (Å²) >= 11 is 3.32. The van der Waals surface area contributed by atoms with Gasteiger partial charge in [0.2, 0.25) is 5.91 Å². The van der Waals surface area contributed by atoms with Gasteiger partial charge in [0.05, 0.1) is 11.4 Å². The lowest BCUT2D eigenvalue weighted by atomic mass is 10.2. The molecule has 1 aliphatic rings. The van der Waals surface area contributed by atoms with Gasteiger partial charge < -0.3 is 4.90 Å². The maximum atomic E-state index is 13.3. The number of halogens is 2. The van der Waals surface area contributed by atoms with E-state index in [1.165, 1.54) is 29.2 Å². The summed E-state index contributed by atoms with van der Waals surface area (Å²) in [5.41, 5.74) is 1.31. The summed E-state index contributed by atoms with van der Waals surface area (Å²) in [5.74, 6) is -0.675. The van der Waals surface area contributed by atoms with Crippen LogP contribution in [0.15, 0.2) is 45.8 Å². The van der Waals surface area contributed by atoms with Crippen LogP contribution in [0, 0.1) is 5.82 Å². The topological polar surface area (TPSA) is 66.5 Å². The number of carbonyl (C=O) groups excluding carboxylic acids is 1. The van der Waals surface area contributed by atoms with Crippen LogP contribution in [-0.4, -0.2) is 20.9 Å². The third-order valence-corrected chi connectivity index (χ3v) is 5.82. The fourth-order valence-corrected chi connectivity index (χ4v) is 4.86. The van der Waals surface area contributed by atoms with Crippen molar-refractivity contribution >= 4 is 43.2 Å². The van der Waals surface area contributed by atoms with Crippen molar-refractivity contribution in [1.82, 2.24) is 0 Å². The molecule has 1 amide bonds. The number of fused-ring (bicyclic) bond motifs is 1. The summed E-state index contributed by atoms with van der Waals surface area (Å²) in [6, 6.07) is 8.50. The first-order valence-electron chi connectivity index (χ1n) is 7.73. The highest BCUT2D eigenvalue weighted by atomic mass is 79.9. The molecule has 1 heterocycles. The minimum absolute atomic E-state index is 0.000404. The normalized spacial score (nSPS) is 13.6. The zero-order chi connectivity index (χ0) is 18.2. The van der Waals surface area contributed by atoms with Crippen LogP contribution in [-0.2, 0) is 21.2 Å². The lowest BCUT2D eigenvalue weighted by molar-refractivity contribution is -0.118. The molecule has 1 aliphatic heterocycles. The second-order valence-electron chi connectivity index (χ2n) is 5.68. The Hall–Kier alpha value is -1.93. The average Bonchev–Trinajstić information content (AvgIpc) is 2.96. The molecule has 0 saturated carbocycles. The second-order valence-corrected chi connectivity index (χ2v) is 8.24. The van der Waals surface area contributed by atoms with Gasteiger partial charge >= 0.3 is 0 Å². The molecule has 132 valence electrons. The van der Waals surface area contributed by atoms with Crippen molar-refractivity contribution < 1.29 is 17.6 Å². The summed E-state index contributed by atoms with van der Waals surface area (Å²) in [5, 5.41) is 0. The molecule has 1 N–H and O–H groups in total. The molecule has 0 spiro atoms. The molecule has 0 saturated heterocycles. The molecule has 0 radical (unpaired) electrons. The van der Waals surface area contributed by atoms with Crippen LogP contribution in [0.2, 0.25) is 0 Å². The van der Waals surface area contributed by atoms with Crippen LogP contribution in [0.3, 0.4) is 0 Å². The monoisotopic (exact) mass is 426 g/mol. The fraction of sp³-hybridized carbons (Fsp3) is 0.235. The lowest BCUT2D eigenvalue weighted by Gasteiger charge is -2.20. The first-order valence-corrected chi connectivity index (χ1v) is 10.0. The molecule has 0 unspecified atom stereocenters. The van der Waals surface area contributed by atoms with Gasteiger partial charge in [-0.05, 0) is 42.3 Å². The molecule has 5 nitrogen and oxygen atoms in total. The van der Waals surface area contributed by atoms with Crippen molar-refractivity contribution in [3.05, 3.63) is 52.3 Å². The van der Waals surface area contributed by atoms with E-state index in [9.17, 15) is 17.6 Å². The first-order chi connectivity index (χ1) is 11.8. The van der Waals surface area contributed by atoms with Crippen LogP contribution in [0.4, 0.5) is 15.8 Å². The van der Waals surface area contributed by atoms with Gasteiger partial charge in [-0.3, -0.25) is 9.52 Å². The number of hydrogen-bond acceptors (Lipinski definition) is 3. The summed E-state index contributed by atoms with van der Waals surface area (Å²) < 4.78 is 42.1. The van der Waals surface area contributed by atoms with Crippen molar-refractivity contribution in [3.63, 3.8) is 0 Å². The van der Waals surface area contributed by atoms with E-state index in [4.69, 9.17) is 0 Å². The third-order valence-electron chi connectivity index (χ3n) is 3.96. The van der Waals surface area contributed by atoms with E-state index in [0.717, 1.165) is 11.6 Å². The van der Waals surface area contributed by atoms with Gasteiger partial charge in [0.25, 0.3) is 10.0 Å². The van der Waals surface area contributed by atoms with Crippen molar-refractivity contribution in [3.8, 4) is 0 Å². The summed E-state index contributed by atoms with van der Waals surface area (Å²) in [4.78, 5) is 13.7. The summed E-state index contributed by atoms with van der Waals surface area (Å²) in [6.45, 7) is 2.18. The minimum Gasteiger partial charge on any atom is -0.310 e. The first kappa shape index (κ1) is 17.9. The second kappa shape index (κ2) is 6.76. The average molecular weight is 427 g/mol. The predicted molar refractivity (Wildman–Crippen MR) is 97.7 cm³/mol. The SMILES string of the molecule is CCC(=O)N1CCc2cc(Br)cc(S(=O)(=O)Nc3cccc(F)c3)c21. The van der Waals surface area contributed by atoms with Crippen molar-refractivity contribution in [1.29, 1.82) is 0 Å². The van der Waals surface area contributed by atoms with E-state index in [-0.39, 0.29) is 22.9 Å². The molecular formula is C17H16BrFN2O3S. The Labute approximate surface area is 154 Å². The predicted octanol–water partition coefficient (Wildman–Crippen LogP) is 3.69. The number of hydrogen-bond donors (Lipinski definition) is 1. The summed E-state index contributed by atoms with van der Waals surface area (Å²) in [7, 11) is -3.99. The fourth-order valence-electron chi connectivity index (χ4n) is 2.88. The Balaban J connectivity index is 2.09. The van der Waals surface area contributed by atoms with E-state index in [2.05, 4.69) is 20.7 Å². The molecular weight excluding hydrogens is 411 g/mol. The molecule has 2 aromatic rings. The van der Waals surface area contributed by atoms with Gasteiger partial charge in [0, 0.05) is 17.4 Å². The quantitative estimate of drug-likeness (QED) is 0.810. The van der Waals surface area contributed by atoms with Gasteiger partial charge in [-0.15, -0.1) is 0 Å². The van der Waals surface area contributed by atoms with Gasteiger partial charge in [-0.1, -0.05) is 28.9 Å². The zero-order valence-electron chi connectivity index (χ0n) is 13.4. The largest absolute Gasteiger partial charge is 0.310 e. The van der Waals surface area contributed by atoms with Crippen LogP contribution >= 0.6 is 15.9 Å². The number of nitrogens with one attached hydrogen (secondary N) is 1. The molecule has 0 fully saturated rings. The molecule has 3 rings (SSSR count). The highest BCUT2D eigenvalue weighted by Gasteiger charge is 2.32. The smallest absolute Gasteiger partial charge is 0.264 e. The maximum absolute atomic E-state index is 13.3. The van der Waals surface area contributed by atoms with Crippen molar-refractivity contribution in [2.24, 2.45) is 0 Å². The number of sulfonamides is 1. The van der Waals surface area contributed by atoms with Gasteiger partial charge in [-0.25, -0.2) is 12.8 Å². The maximum Gasteiger partial charge on any atom is 0.264 e. The van der Waals surface area contributed by atoms with Crippen molar-refractivity contribution in [2.75, 3.05) is 16.2 Å². The third kappa shape index (κ3) is 3.55. The van der Waals surface area contributed by atoms with E-state index >= 15 is 0 Å². The van der Waals surface area contributed by atoms with Gasteiger partial charge in [0.1, 0.15) is 10.7 Å². The number of anilines is 2. The highest BCUT2D eigenvalue weighted by molar-refractivity contribution is 9.10. The van der Waals surface area contributed by atoms with Crippen molar-refractivity contribution in [2.45, 2.75) is 24.7 Å². The molecule has 0 bridgehead atoms. The Morgan fingerprint density at radius 3 is 2.76 bits per heavy atom. The molecule has 0 aliphatic carbocycles. The van der Waals surface area contributed by atoms with E-state index in [1.807, 2.05) is 6.07 Å². The van der Waals surface area contributed by atoms with Crippen LogP contribution in [0.1, 0.15) is 18.9 Å². The molecule has 2 aromatic carbocycles. The van der Waals surface area contributed by atoms with Crippen LogP contribution in [0.5, 0.6) is 0 Å².